The Labute approximate surface area is 142 Å². The molecule has 0 aliphatic carbocycles. The van der Waals surface area contributed by atoms with Gasteiger partial charge in [0.25, 0.3) is 0 Å². The first-order valence-corrected chi connectivity index (χ1v) is 8.50. The maximum absolute atomic E-state index is 14.8. The predicted molar refractivity (Wildman–Crippen MR) is 86.8 cm³/mol. The second kappa shape index (κ2) is 7.76. The topological polar surface area (TPSA) is 72.4 Å². The number of benzene rings is 1. The highest BCUT2D eigenvalue weighted by atomic mass is 32.2. The van der Waals surface area contributed by atoms with Crippen LogP contribution < -0.4 is 4.72 Å². The number of carbonyl (C=O) groups is 1. The fraction of sp³-hybridized carbons (Fsp3) is 0.562. The molecular formula is C16H22F3NO3S. The average molecular weight is 365 g/mol. The minimum Gasteiger partial charge on any atom is -0.598 e. The lowest BCUT2D eigenvalue weighted by atomic mass is 9.85. The maximum atomic E-state index is 14.8. The molecule has 0 saturated heterocycles. The van der Waals surface area contributed by atoms with Crippen LogP contribution in [0.5, 0.6) is 0 Å². The van der Waals surface area contributed by atoms with E-state index < -0.39 is 52.2 Å². The Morgan fingerprint density at radius 2 is 1.83 bits per heavy atom. The van der Waals surface area contributed by atoms with Crippen molar-refractivity contribution in [1.29, 1.82) is 0 Å². The molecule has 4 nitrogen and oxygen atoms in total. The summed E-state index contributed by atoms with van der Waals surface area (Å²) in [5, 5.41) is 8.64. The van der Waals surface area contributed by atoms with Gasteiger partial charge in [0.2, 0.25) is 0 Å². The maximum Gasteiger partial charge on any atom is 0.338 e. The van der Waals surface area contributed by atoms with Crippen molar-refractivity contribution in [2.24, 2.45) is 0 Å². The summed E-state index contributed by atoms with van der Waals surface area (Å²) < 4.78 is 56.6. The van der Waals surface area contributed by atoms with Crippen molar-refractivity contribution >= 4 is 17.3 Å². The number of carboxylic acids is 1. The van der Waals surface area contributed by atoms with E-state index in [0.717, 1.165) is 6.07 Å². The minimum atomic E-state index is -2.45. The predicted octanol–water partition coefficient (Wildman–Crippen LogP) is 3.24. The molecule has 0 aliphatic rings. The summed E-state index contributed by atoms with van der Waals surface area (Å²) in [4.78, 5) is 10.7. The van der Waals surface area contributed by atoms with Gasteiger partial charge in [-0.25, -0.2) is 18.0 Å². The van der Waals surface area contributed by atoms with E-state index in [9.17, 15) is 22.5 Å². The second-order valence-corrected chi connectivity index (χ2v) is 8.64. The summed E-state index contributed by atoms with van der Waals surface area (Å²) in [5.41, 5.74) is -2.00. The smallest absolute Gasteiger partial charge is 0.338 e. The molecule has 1 aromatic carbocycles. The standard InChI is InChI=1S/C16H22F3NO3S/c1-15(2,3)24(23)20-16(4,10-7-5-6-8-11(10)17)13(19)9-12(18)14(21)22/h5-8,12-13,20H,9H2,1-4H3,(H,21,22)/t12?,13-,16+,24?/m0/s1. The van der Waals surface area contributed by atoms with Gasteiger partial charge >= 0.3 is 5.97 Å². The van der Waals surface area contributed by atoms with Gasteiger partial charge in [0.15, 0.2) is 6.17 Å². The molecule has 0 bridgehead atoms. The number of hydrogen-bond donors (Lipinski definition) is 2. The molecule has 2 unspecified atom stereocenters. The van der Waals surface area contributed by atoms with Crippen LogP contribution in [0, 0.1) is 5.82 Å². The highest BCUT2D eigenvalue weighted by Gasteiger charge is 2.46. The number of nitrogens with one attached hydrogen (secondary N) is 1. The van der Waals surface area contributed by atoms with Gasteiger partial charge in [-0.05, 0) is 33.8 Å². The number of halogens is 3. The largest absolute Gasteiger partial charge is 0.598 e. The summed E-state index contributed by atoms with van der Waals surface area (Å²) in [6.45, 7) is 6.16. The Kier molecular flexibility index (Phi) is 6.72. The summed E-state index contributed by atoms with van der Waals surface area (Å²) in [5.74, 6) is -2.56. The first-order valence-electron chi connectivity index (χ1n) is 7.35. The Hall–Kier alpha value is -1.25. The lowest BCUT2D eigenvalue weighted by molar-refractivity contribution is -0.143. The van der Waals surface area contributed by atoms with Gasteiger partial charge in [-0.2, -0.15) is 0 Å². The summed E-state index contributed by atoms with van der Waals surface area (Å²) >= 11 is -1.79. The van der Waals surface area contributed by atoms with Crippen molar-refractivity contribution < 1.29 is 27.6 Å². The quantitative estimate of drug-likeness (QED) is 0.728. The minimum absolute atomic E-state index is 0.146. The first-order chi connectivity index (χ1) is 10.9. The molecule has 0 radical (unpaired) electrons. The molecule has 0 spiro atoms. The van der Waals surface area contributed by atoms with E-state index in [1.165, 1.54) is 25.1 Å². The van der Waals surface area contributed by atoms with Crippen LogP contribution in [0.3, 0.4) is 0 Å². The summed E-state index contributed by atoms with van der Waals surface area (Å²) in [6, 6.07) is 5.27. The molecule has 0 fully saturated rings. The molecule has 8 heteroatoms. The zero-order chi connectivity index (χ0) is 18.7. The molecule has 1 rings (SSSR count). The number of carboxylic acid groups (broad SMARTS) is 1. The van der Waals surface area contributed by atoms with E-state index >= 15 is 0 Å². The fourth-order valence-electron chi connectivity index (χ4n) is 2.03. The third-order valence-corrected chi connectivity index (χ3v) is 5.32. The van der Waals surface area contributed by atoms with Crippen LogP contribution in [-0.4, -0.2) is 32.7 Å². The lowest BCUT2D eigenvalue weighted by Crippen LogP contribution is -2.55. The Bertz CT molecular complexity index is 582. The zero-order valence-corrected chi connectivity index (χ0v) is 14.8. The van der Waals surface area contributed by atoms with E-state index in [2.05, 4.69) is 4.72 Å². The van der Waals surface area contributed by atoms with Gasteiger partial charge in [-0.3, -0.25) is 0 Å². The van der Waals surface area contributed by atoms with Crippen molar-refractivity contribution in [1.82, 2.24) is 4.72 Å². The molecule has 0 heterocycles. The Morgan fingerprint density at radius 1 is 1.29 bits per heavy atom. The fourth-order valence-corrected chi connectivity index (χ4v) is 2.96. The number of rotatable bonds is 7. The van der Waals surface area contributed by atoms with Crippen LogP contribution in [0.4, 0.5) is 13.2 Å². The van der Waals surface area contributed by atoms with E-state index in [1.807, 2.05) is 0 Å². The Morgan fingerprint density at radius 3 is 2.29 bits per heavy atom. The van der Waals surface area contributed by atoms with Gasteiger partial charge < -0.3 is 9.66 Å². The second-order valence-electron chi connectivity index (χ2n) is 6.67. The van der Waals surface area contributed by atoms with Crippen molar-refractivity contribution in [3.05, 3.63) is 35.6 Å². The van der Waals surface area contributed by atoms with Gasteiger partial charge in [0, 0.05) is 23.3 Å². The Balaban J connectivity index is 3.25. The zero-order valence-electron chi connectivity index (χ0n) is 14.0. The highest BCUT2D eigenvalue weighted by Crippen LogP contribution is 2.34. The highest BCUT2D eigenvalue weighted by molar-refractivity contribution is 7.90. The van der Waals surface area contributed by atoms with Crippen LogP contribution in [-0.2, 0) is 21.7 Å². The van der Waals surface area contributed by atoms with Crippen LogP contribution in [0.25, 0.3) is 0 Å². The molecule has 2 N–H and O–H groups in total. The number of hydrogen-bond acceptors (Lipinski definition) is 3. The van der Waals surface area contributed by atoms with E-state index in [1.54, 1.807) is 20.8 Å². The van der Waals surface area contributed by atoms with Crippen molar-refractivity contribution in [2.45, 2.75) is 56.7 Å². The lowest BCUT2D eigenvalue weighted by Gasteiger charge is -2.37. The van der Waals surface area contributed by atoms with Crippen molar-refractivity contribution in [3.8, 4) is 0 Å². The van der Waals surface area contributed by atoms with Crippen molar-refractivity contribution in [3.63, 3.8) is 0 Å². The van der Waals surface area contributed by atoms with Crippen LogP contribution >= 0.6 is 0 Å². The molecule has 0 aliphatic heterocycles. The SMILES string of the molecule is CC(C)(C)[S+]([O-])N[C@](C)(c1ccccc1F)[C@@H](F)CC(F)C(=O)O. The van der Waals surface area contributed by atoms with E-state index in [-0.39, 0.29) is 5.56 Å². The summed E-state index contributed by atoms with van der Waals surface area (Å²) in [7, 11) is 0. The van der Waals surface area contributed by atoms with Gasteiger partial charge in [-0.15, -0.1) is 4.72 Å². The molecule has 0 saturated carbocycles. The summed E-state index contributed by atoms with van der Waals surface area (Å²) in [6.07, 6.45) is -5.56. The van der Waals surface area contributed by atoms with Gasteiger partial charge in [0.05, 0.1) is 0 Å². The molecule has 136 valence electrons. The number of aliphatic carboxylic acids is 1. The van der Waals surface area contributed by atoms with Crippen LogP contribution in [0.2, 0.25) is 0 Å². The van der Waals surface area contributed by atoms with Crippen molar-refractivity contribution in [2.75, 3.05) is 0 Å². The van der Waals surface area contributed by atoms with Gasteiger partial charge in [-0.1, -0.05) is 18.2 Å². The third kappa shape index (κ3) is 4.87. The first kappa shape index (κ1) is 20.8. The van der Waals surface area contributed by atoms with E-state index in [0.29, 0.717) is 0 Å². The molecule has 4 atom stereocenters. The molecule has 0 amide bonds. The molecule has 0 aromatic heterocycles. The molecule has 24 heavy (non-hydrogen) atoms. The normalized spacial score (nSPS) is 18.5. The number of alkyl halides is 2. The molecular weight excluding hydrogens is 343 g/mol. The molecule has 1 aromatic rings. The third-order valence-electron chi connectivity index (χ3n) is 3.60. The average Bonchev–Trinajstić information content (AvgIpc) is 2.46. The van der Waals surface area contributed by atoms with Crippen LogP contribution in [0.1, 0.15) is 39.7 Å². The van der Waals surface area contributed by atoms with E-state index in [4.69, 9.17) is 5.11 Å². The van der Waals surface area contributed by atoms with Crippen LogP contribution in [0.15, 0.2) is 24.3 Å². The van der Waals surface area contributed by atoms with Gasteiger partial charge in [0.1, 0.15) is 22.3 Å². The monoisotopic (exact) mass is 365 g/mol.